The SMILES string of the molecule is CCOc1ccnc(-c2ccc([C@@H](C)N3CCOCC3)cc2)n1. The number of aromatic nitrogens is 2. The molecule has 0 bridgehead atoms. The standard InChI is InChI=1S/C18H23N3O2/c1-3-23-17-8-9-19-18(20-17)16-6-4-15(5-7-16)14(2)21-10-12-22-13-11-21/h4-9,14H,3,10-13H2,1-2H3/t14-/m1/s1. The van der Waals surface area contributed by atoms with Crippen molar-refractivity contribution in [1.82, 2.24) is 14.9 Å². The van der Waals surface area contributed by atoms with E-state index in [1.807, 2.05) is 6.92 Å². The van der Waals surface area contributed by atoms with Crippen LogP contribution < -0.4 is 4.74 Å². The lowest BCUT2D eigenvalue weighted by Crippen LogP contribution is -2.37. The third-order valence-corrected chi connectivity index (χ3v) is 4.17. The van der Waals surface area contributed by atoms with Crippen molar-refractivity contribution >= 4 is 0 Å². The molecule has 0 unspecified atom stereocenters. The van der Waals surface area contributed by atoms with Crippen molar-refractivity contribution < 1.29 is 9.47 Å². The maximum atomic E-state index is 5.44. The van der Waals surface area contributed by atoms with E-state index in [0.29, 0.717) is 24.4 Å². The van der Waals surface area contributed by atoms with Gasteiger partial charge < -0.3 is 9.47 Å². The van der Waals surface area contributed by atoms with Crippen molar-refractivity contribution in [3.05, 3.63) is 42.1 Å². The van der Waals surface area contributed by atoms with Gasteiger partial charge in [-0.15, -0.1) is 0 Å². The predicted molar refractivity (Wildman–Crippen MR) is 89.4 cm³/mol. The predicted octanol–water partition coefficient (Wildman–Crippen LogP) is 2.94. The third-order valence-electron chi connectivity index (χ3n) is 4.17. The molecule has 122 valence electrons. The minimum absolute atomic E-state index is 0.392. The molecular formula is C18H23N3O2. The lowest BCUT2D eigenvalue weighted by atomic mass is 10.0. The number of hydrogen-bond acceptors (Lipinski definition) is 5. The zero-order valence-electron chi connectivity index (χ0n) is 13.7. The molecule has 0 saturated carbocycles. The monoisotopic (exact) mass is 313 g/mol. The number of hydrogen-bond donors (Lipinski definition) is 0. The Hall–Kier alpha value is -1.98. The molecule has 1 saturated heterocycles. The van der Waals surface area contributed by atoms with E-state index in [1.54, 1.807) is 12.3 Å². The second-order valence-electron chi connectivity index (χ2n) is 5.60. The summed E-state index contributed by atoms with van der Waals surface area (Å²) in [6.07, 6.45) is 1.73. The molecule has 1 atom stereocenters. The molecule has 0 aliphatic carbocycles. The largest absolute Gasteiger partial charge is 0.478 e. The summed E-state index contributed by atoms with van der Waals surface area (Å²) in [5, 5.41) is 0. The minimum atomic E-state index is 0.392. The number of rotatable bonds is 5. The first-order valence-electron chi connectivity index (χ1n) is 8.16. The molecule has 1 fully saturated rings. The first-order valence-corrected chi connectivity index (χ1v) is 8.16. The van der Waals surface area contributed by atoms with Gasteiger partial charge >= 0.3 is 0 Å². The molecule has 0 radical (unpaired) electrons. The first-order chi connectivity index (χ1) is 11.3. The van der Waals surface area contributed by atoms with E-state index in [9.17, 15) is 0 Å². The van der Waals surface area contributed by atoms with Crippen LogP contribution in [0.3, 0.4) is 0 Å². The maximum Gasteiger partial charge on any atom is 0.216 e. The lowest BCUT2D eigenvalue weighted by molar-refractivity contribution is 0.0198. The summed E-state index contributed by atoms with van der Waals surface area (Å²) in [6.45, 7) is 8.41. The van der Waals surface area contributed by atoms with Crippen LogP contribution in [0.4, 0.5) is 0 Å². The van der Waals surface area contributed by atoms with Crippen molar-refractivity contribution in [2.75, 3.05) is 32.9 Å². The highest BCUT2D eigenvalue weighted by Gasteiger charge is 2.18. The molecule has 1 aliphatic heterocycles. The van der Waals surface area contributed by atoms with Crippen molar-refractivity contribution in [2.45, 2.75) is 19.9 Å². The minimum Gasteiger partial charge on any atom is -0.478 e. The third kappa shape index (κ3) is 3.86. The summed E-state index contributed by atoms with van der Waals surface area (Å²) in [5.74, 6) is 1.31. The van der Waals surface area contributed by atoms with Crippen LogP contribution in [-0.2, 0) is 4.74 Å². The Kier molecular flexibility index (Phi) is 5.20. The Bertz CT molecular complexity index is 624. The number of ether oxygens (including phenoxy) is 2. The van der Waals surface area contributed by atoms with Crippen LogP contribution in [0.2, 0.25) is 0 Å². The van der Waals surface area contributed by atoms with E-state index in [0.717, 1.165) is 31.9 Å². The van der Waals surface area contributed by atoms with Gasteiger partial charge in [0.2, 0.25) is 5.88 Å². The van der Waals surface area contributed by atoms with Gasteiger partial charge in [-0.3, -0.25) is 4.90 Å². The number of benzene rings is 1. The van der Waals surface area contributed by atoms with Gasteiger partial charge in [0.1, 0.15) is 0 Å². The zero-order valence-corrected chi connectivity index (χ0v) is 13.7. The van der Waals surface area contributed by atoms with Gasteiger partial charge in [0.15, 0.2) is 5.82 Å². The van der Waals surface area contributed by atoms with Crippen molar-refractivity contribution in [1.29, 1.82) is 0 Å². The molecule has 5 heteroatoms. The highest BCUT2D eigenvalue weighted by Crippen LogP contribution is 2.24. The summed E-state index contributed by atoms with van der Waals surface area (Å²) < 4.78 is 10.9. The topological polar surface area (TPSA) is 47.5 Å². The lowest BCUT2D eigenvalue weighted by Gasteiger charge is -2.32. The van der Waals surface area contributed by atoms with Crippen LogP contribution in [-0.4, -0.2) is 47.8 Å². The molecule has 1 aromatic heterocycles. The van der Waals surface area contributed by atoms with Crippen LogP contribution in [0.25, 0.3) is 11.4 Å². The molecule has 2 heterocycles. The number of nitrogens with zero attached hydrogens (tertiary/aromatic N) is 3. The van der Waals surface area contributed by atoms with E-state index in [4.69, 9.17) is 9.47 Å². The second-order valence-corrected chi connectivity index (χ2v) is 5.60. The molecule has 5 nitrogen and oxygen atoms in total. The van der Waals surface area contributed by atoms with Crippen LogP contribution >= 0.6 is 0 Å². The van der Waals surface area contributed by atoms with E-state index >= 15 is 0 Å². The Morgan fingerprint density at radius 3 is 2.61 bits per heavy atom. The summed E-state index contributed by atoms with van der Waals surface area (Å²) in [4.78, 5) is 11.2. The number of morpholine rings is 1. The maximum absolute atomic E-state index is 5.44. The van der Waals surface area contributed by atoms with Crippen molar-refractivity contribution in [2.24, 2.45) is 0 Å². The summed E-state index contributed by atoms with van der Waals surface area (Å²) in [7, 11) is 0. The molecule has 0 amide bonds. The highest BCUT2D eigenvalue weighted by atomic mass is 16.5. The van der Waals surface area contributed by atoms with Crippen LogP contribution in [0.5, 0.6) is 5.88 Å². The zero-order chi connectivity index (χ0) is 16.1. The second kappa shape index (κ2) is 7.53. The van der Waals surface area contributed by atoms with E-state index in [1.165, 1.54) is 5.56 Å². The Morgan fingerprint density at radius 2 is 1.91 bits per heavy atom. The average Bonchev–Trinajstić information content (AvgIpc) is 2.62. The molecule has 1 aliphatic rings. The van der Waals surface area contributed by atoms with Crippen LogP contribution in [0.1, 0.15) is 25.5 Å². The average molecular weight is 313 g/mol. The highest BCUT2D eigenvalue weighted by molar-refractivity contribution is 5.55. The van der Waals surface area contributed by atoms with Gasteiger partial charge in [0.25, 0.3) is 0 Å². The molecule has 0 N–H and O–H groups in total. The van der Waals surface area contributed by atoms with Crippen molar-refractivity contribution in [3.63, 3.8) is 0 Å². The molecule has 1 aromatic carbocycles. The van der Waals surface area contributed by atoms with Gasteiger partial charge in [-0.25, -0.2) is 4.98 Å². The Morgan fingerprint density at radius 1 is 1.17 bits per heavy atom. The quantitative estimate of drug-likeness (QED) is 0.849. The van der Waals surface area contributed by atoms with Gasteiger partial charge in [-0.05, 0) is 19.4 Å². The molecule has 2 aromatic rings. The van der Waals surface area contributed by atoms with Gasteiger partial charge in [0.05, 0.1) is 19.8 Å². The van der Waals surface area contributed by atoms with E-state index in [-0.39, 0.29) is 0 Å². The fraction of sp³-hybridized carbons (Fsp3) is 0.444. The van der Waals surface area contributed by atoms with Gasteiger partial charge in [0, 0.05) is 37.0 Å². The van der Waals surface area contributed by atoms with Crippen molar-refractivity contribution in [3.8, 4) is 17.3 Å². The normalized spacial score (nSPS) is 17.0. The fourth-order valence-corrected chi connectivity index (χ4v) is 2.80. The Labute approximate surface area is 137 Å². The smallest absolute Gasteiger partial charge is 0.216 e. The molecule has 0 spiro atoms. The molecule has 3 rings (SSSR count). The van der Waals surface area contributed by atoms with Crippen LogP contribution in [0, 0.1) is 0 Å². The molecular weight excluding hydrogens is 290 g/mol. The van der Waals surface area contributed by atoms with Crippen LogP contribution in [0.15, 0.2) is 36.5 Å². The van der Waals surface area contributed by atoms with Gasteiger partial charge in [-0.2, -0.15) is 4.98 Å². The summed E-state index contributed by atoms with van der Waals surface area (Å²) in [5.41, 5.74) is 2.31. The fourth-order valence-electron chi connectivity index (χ4n) is 2.80. The molecule has 23 heavy (non-hydrogen) atoms. The van der Waals surface area contributed by atoms with Gasteiger partial charge in [-0.1, -0.05) is 24.3 Å². The summed E-state index contributed by atoms with van der Waals surface area (Å²) >= 11 is 0. The summed E-state index contributed by atoms with van der Waals surface area (Å²) in [6, 6.07) is 10.7. The Balaban J connectivity index is 1.74. The van der Waals surface area contributed by atoms with E-state index < -0.39 is 0 Å². The first kappa shape index (κ1) is 15.9. The van der Waals surface area contributed by atoms with E-state index in [2.05, 4.69) is 46.1 Å².